The van der Waals surface area contributed by atoms with Crippen molar-refractivity contribution in [2.45, 2.75) is 41.5 Å². The van der Waals surface area contributed by atoms with E-state index in [0.29, 0.717) is 17.2 Å². The first-order valence-electron chi connectivity index (χ1n) is 9.55. The summed E-state index contributed by atoms with van der Waals surface area (Å²) in [6.45, 7) is 2.09. The van der Waals surface area contributed by atoms with E-state index in [-0.39, 0.29) is 6.04 Å². The van der Waals surface area contributed by atoms with Gasteiger partial charge in [-0.3, -0.25) is 13.3 Å². The summed E-state index contributed by atoms with van der Waals surface area (Å²) in [6, 6.07) is 17.1. The Kier molecular flexibility index (Phi) is 7.61. The maximum Gasteiger partial charge on any atom is 0.0545 e. The second-order valence-corrected chi connectivity index (χ2v) is 10.0. The van der Waals surface area contributed by atoms with Crippen LogP contribution >= 0.6 is 0 Å². The van der Waals surface area contributed by atoms with E-state index in [2.05, 4.69) is 4.90 Å². The Morgan fingerprint density at radius 2 is 1.48 bits per heavy atom. The molecule has 1 aliphatic heterocycles. The van der Waals surface area contributed by atoms with Gasteiger partial charge >= 0.3 is 0 Å². The lowest BCUT2D eigenvalue weighted by molar-refractivity contribution is 0.173. The van der Waals surface area contributed by atoms with Crippen LogP contribution in [0.25, 0.3) is 0 Å². The Labute approximate surface area is 167 Å². The fourth-order valence-electron chi connectivity index (χ4n) is 3.48. The van der Waals surface area contributed by atoms with Crippen LogP contribution < -0.4 is 5.73 Å². The Bertz CT molecular complexity index is 760. The fourth-order valence-corrected chi connectivity index (χ4v) is 6.02. The summed E-state index contributed by atoms with van der Waals surface area (Å²) in [5.74, 6) is 1.18. The second kappa shape index (κ2) is 10.2. The van der Waals surface area contributed by atoms with E-state index in [1.54, 1.807) is 12.1 Å². The van der Waals surface area contributed by atoms with E-state index in [4.69, 9.17) is 5.73 Å². The zero-order chi connectivity index (χ0) is 19.1. The van der Waals surface area contributed by atoms with Gasteiger partial charge in [0, 0.05) is 33.0 Å². The minimum atomic E-state index is -1.08. The van der Waals surface area contributed by atoms with Crippen LogP contribution in [-0.4, -0.2) is 44.0 Å². The van der Waals surface area contributed by atoms with Crippen LogP contribution in [0.2, 0.25) is 0 Å². The van der Waals surface area contributed by atoms with Crippen molar-refractivity contribution in [3.63, 3.8) is 0 Å². The average Bonchev–Trinajstić information content (AvgIpc) is 2.72. The molecule has 2 aromatic carbocycles. The van der Waals surface area contributed by atoms with Crippen molar-refractivity contribution in [1.82, 2.24) is 4.90 Å². The van der Waals surface area contributed by atoms with Gasteiger partial charge in [0.05, 0.1) is 21.6 Å². The highest BCUT2D eigenvalue weighted by Gasteiger charge is 2.24. The number of benzene rings is 2. The van der Waals surface area contributed by atoms with E-state index in [1.807, 2.05) is 42.5 Å². The molecule has 6 heteroatoms. The molecule has 0 aromatic heterocycles. The van der Waals surface area contributed by atoms with Crippen molar-refractivity contribution in [1.29, 1.82) is 0 Å². The lowest BCUT2D eigenvalue weighted by atomic mass is 10.1. The van der Waals surface area contributed by atoms with E-state index in [9.17, 15) is 8.42 Å². The van der Waals surface area contributed by atoms with Crippen LogP contribution in [0, 0.1) is 0 Å². The van der Waals surface area contributed by atoms with Gasteiger partial charge in [0.2, 0.25) is 0 Å². The molecule has 2 N–H and O–H groups in total. The summed E-state index contributed by atoms with van der Waals surface area (Å²) in [4.78, 5) is 4.13. The highest BCUT2D eigenvalue weighted by atomic mass is 32.2. The van der Waals surface area contributed by atoms with Gasteiger partial charge in [-0.05, 0) is 68.8 Å². The van der Waals surface area contributed by atoms with Crippen molar-refractivity contribution in [3.8, 4) is 0 Å². The number of nitrogens with zero attached hydrogens (tertiary/aromatic N) is 1. The topological polar surface area (TPSA) is 63.4 Å². The molecule has 1 aliphatic rings. The molecule has 27 heavy (non-hydrogen) atoms. The van der Waals surface area contributed by atoms with Crippen molar-refractivity contribution in [3.05, 3.63) is 54.6 Å². The molecule has 0 amide bonds. The molecule has 0 saturated carbocycles. The summed E-state index contributed by atoms with van der Waals surface area (Å²) in [6.07, 6.45) is 4.43. The van der Waals surface area contributed by atoms with Crippen molar-refractivity contribution in [2.24, 2.45) is 0 Å². The number of likely N-dealkylation sites (tertiary alicyclic amines) is 1. The molecular formula is C21H28N2O2S2. The van der Waals surface area contributed by atoms with Crippen LogP contribution in [0.4, 0.5) is 5.69 Å². The van der Waals surface area contributed by atoms with Crippen molar-refractivity contribution in [2.75, 3.05) is 30.3 Å². The average molecular weight is 405 g/mol. The molecule has 0 bridgehead atoms. The number of nitrogen functional groups attached to an aromatic ring is 1. The molecule has 0 radical (unpaired) electrons. The van der Waals surface area contributed by atoms with E-state index < -0.39 is 21.6 Å². The van der Waals surface area contributed by atoms with Crippen molar-refractivity contribution >= 4 is 27.3 Å². The normalized spacial score (nSPS) is 18.7. The van der Waals surface area contributed by atoms with Crippen LogP contribution in [0.5, 0.6) is 0 Å². The first-order chi connectivity index (χ1) is 13.1. The fraction of sp³-hybridized carbons (Fsp3) is 0.429. The molecule has 146 valence electrons. The summed E-state index contributed by atoms with van der Waals surface area (Å²) in [5, 5.41) is 0. The zero-order valence-electron chi connectivity index (χ0n) is 15.6. The maximum absolute atomic E-state index is 12.9. The van der Waals surface area contributed by atoms with Gasteiger partial charge < -0.3 is 5.73 Å². The smallest absolute Gasteiger partial charge is 0.0545 e. The zero-order valence-corrected chi connectivity index (χ0v) is 17.2. The monoisotopic (exact) mass is 404 g/mol. The van der Waals surface area contributed by atoms with Crippen LogP contribution in [0.1, 0.15) is 25.7 Å². The van der Waals surface area contributed by atoms with E-state index >= 15 is 0 Å². The molecule has 0 aliphatic carbocycles. The highest BCUT2D eigenvalue weighted by molar-refractivity contribution is 7.85. The first kappa shape index (κ1) is 20.2. The highest BCUT2D eigenvalue weighted by Crippen LogP contribution is 2.19. The minimum Gasteiger partial charge on any atom is -0.399 e. The number of hydrogen-bond donors (Lipinski definition) is 1. The van der Waals surface area contributed by atoms with Gasteiger partial charge in [0.25, 0.3) is 0 Å². The van der Waals surface area contributed by atoms with E-state index in [0.717, 1.165) is 29.3 Å². The third-order valence-electron chi connectivity index (χ3n) is 5.04. The lowest BCUT2D eigenvalue weighted by Crippen LogP contribution is -2.43. The molecule has 2 aromatic rings. The van der Waals surface area contributed by atoms with Gasteiger partial charge in [-0.2, -0.15) is 0 Å². The van der Waals surface area contributed by atoms with Gasteiger partial charge in [0.1, 0.15) is 0 Å². The van der Waals surface area contributed by atoms with Crippen LogP contribution in [-0.2, 0) is 21.6 Å². The standard InChI is InChI=1S/C21H28N2O2S2/c22-18-9-11-21(12-10-18)27(25)17-19(23-14-5-2-6-15-23)13-16-26(24)20-7-3-1-4-8-20/h1,3-4,7-12,19H,2,5-6,13-17,22H2. The number of anilines is 1. The Hall–Kier alpha value is -1.50. The molecule has 1 saturated heterocycles. The van der Waals surface area contributed by atoms with E-state index in [1.165, 1.54) is 19.3 Å². The molecule has 0 spiro atoms. The molecular weight excluding hydrogens is 376 g/mol. The Morgan fingerprint density at radius 3 is 2.15 bits per heavy atom. The number of rotatable bonds is 8. The molecule has 3 unspecified atom stereocenters. The largest absolute Gasteiger partial charge is 0.399 e. The summed E-state index contributed by atoms with van der Waals surface area (Å²) < 4.78 is 25.5. The molecule has 1 fully saturated rings. The SMILES string of the molecule is Nc1ccc(S(=O)CC(CCS(=O)c2ccccc2)N2CCCCC2)cc1. The first-order valence-corrected chi connectivity index (χ1v) is 12.2. The van der Waals surface area contributed by atoms with Gasteiger partial charge in [-0.25, -0.2) is 0 Å². The predicted molar refractivity (Wildman–Crippen MR) is 114 cm³/mol. The third kappa shape index (κ3) is 5.99. The molecule has 1 heterocycles. The quantitative estimate of drug-likeness (QED) is 0.685. The third-order valence-corrected chi connectivity index (χ3v) is 7.93. The predicted octanol–water partition coefficient (Wildman–Crippen LogP) is 3.43. The van der Waals surface area contributed by atoms with Gasteiger partial charge in [0.15, 0.2) is 0 Å². The summed E-state index contributed by atoms with van der Waals surface area (Å²) in [7, 11) is -2.09. The number of nitrogens with two attached hydrogens (primary N) is 1. The van der Waals surface area contributed by atoms with Gasteiger partial charge in [-0.1, -0.05) is 24.6 Å². The Balaban J connectivity index is 1.66. The van der Waals surface area contributed by atoms with Crippen LogP contribution in [0.15, 0.2) is 64.4 Å². The minimum absolute atomic E-state index is 0.191. The Morgan fingerprint density at radius 1 is 0.852 bits per heavy atom. The summed E-state index contributed by atoms with van der Waals surface area (Å²) in [5.41, 5.74) is 6.42. The van der Waals surface area contributed by atoms with Crippen molar-refractivity contribution < 1.29 is 8.42 Å². The van der Waals surface area contributed by atoms with Gasteiger partial charge in [-0.15, -0.1) is 0 Å². The van der Waals surface area contributed by atoms with Crippen LogP contribution in [0.3, 0.4) is 0 Å². The number of piperidine rings is 1. The second-order valence-electron chi connectivity index (χ2n) is 6.98. The lowest BCUT2D eigenvalue weighted by Gasteiger charge is -2.34. The molecule has 3 atom stereocenters. The molecule has 3 rings (SSSR count). The summed E-state index contributed by atoms with van der Waals surface area (Å²) >= 11 is 0. The maximum atomic E-state index is 12.9. The molecule has 4 nitrogen and oxygen atoms in total. The number of hydrogen-bond acceptors (Lipinski definition) is 4.